The first-order valence-electron chi connectivity index (χ1n) is 14.7. The Morgan fingerprint density at radius 1 is 1.22 bits per heavy atom. The lowest BCUT2D eigenvalue weighted by Gasteiger charge is -2.25. The molecule has 242 valence electrons. The van der Waals surface area contributed by atoms with Gasteiger partial charge in [0.25, 0.3) is 0 Å². The average molecular weight is 644 g/mol. The van der Waals surface area contributed by atoms with Crippen LogP contribution in [0.2, 0.25) is 5.02 Å². The first-order valence-corrected chi connectivity index (χ1v) is 15.1. The van der Waals surface area contributed by atoms with Crippen LogP contribution in [0, 0.1) is 5.82 Å². The lowest BCUT2D eigenvalue weighted by molar-refractivity contribution is -0.156. The molecule has 0 radical (unpaired) electrons. The summed E-state index contributed by atoms with van der Waals surface area (Å²) in [4.78, 5) is 35.9. The van der Waals surface area contributed by atoms with Crippen LogP contribution in [0.25, 0.3) is 10.9 Å². The number of halogens is 2. The van der Waals surface area contributed by atoms with Crippen LogP contribution >= 0.6 is 11.6 Å². The van der Waals surface area contributed by atoms with Crippen molar-refractivity contribution in [2.45, 2.75) is 58.3 Å². The third kappa shape index (κ3) is 10.6. The summed E-state index contributed by atoms with van der Waals surface area (Å²) >= 11 is 5.96. The van der Waals surface area contributed by atoms with Crippen molar-refractivity contribution in [2.75, 3.05) is 43.5 Å². The summed E-state index contributed by atoms with van der Waals surface area (Å²) in [6.45, 7) is 8.51. The van der Waals surface area contributed by atoms with Gasteiger partial charge in [0.1, 0.15) is 35.4 Å². The van der Waals surface area contributed by atoms with E-state index in [1.807, 2.05) is 0 Å². The standard InChI is InChI=1S/C32H39ClFN5O6/c1-20(40)17-39(18-30(42)45-32(2,3)4)11-5-6-29(41)38-27-15-23-26(16-28(27)44-22-9-12-43-13-10-22)35-19-36-31(23)37-21-7-8-25(34)24(33)14-21/h5-8,14-16,19-20,22,40H,9-13,17-18H2,1-4H3,(H,38,41)(H,35,36,37). The minimum Gasteiger partial charge on any atom is -0.488 e. The van der Waals surface area contributed by atoms with E-state index in [0.29, 0.717) is 59.9 Å². The minimum absolute atomic E-state index is 0.0386. The predicted octanol–water partition coefficient (Wildman–Crippen LogP) is 5.24. The lowest BCUT2D eigenvalue weighted by atomic mass is 10.1. The molecule has 13 heteroatoms. The maximum absolute atomic E-state index is 13.7. The average Bonchev–Trinajstić information content (AvgIpc) is 2.95. The van der Waals surface area contributed by atoms with Crippen LogP contribution < -0.4 is 15.4 Å². The number of nitrogens with one attached hydrogen (secondary N) is 2. The number of hydrogen-bond donors (Lipinski definition) is 3. The number of esters is 1. The van der Waals surface area contributed by atoms with E-state index in [0.717, 1.165) is 0 Å². The molecule has 0 saturated carbocycles. The first kappa shape index (κ1) is 34.0. The van der Waals surface area contributed by atoms with Crippen LogP contribution in [0.3, 0.4) is 0 Å². The molecule has 3 aromatic rings. The Hall–Kier alpha value is -3.84. The molecule has 1 aliphatic heterocycles. The molecule has 2 aromatic carbocycles. The summed E-state index contributed by atoms with van der Waals surface area (Å²) < 4.78 is 30.9. The minimum atomic E-state index is -0.687. The normalized spacial score (nSPS) is 14.9. The van der Waals surface area contributed by atoms with Crippen LogP contribution in [0.15, 0.2) is 48.8 Å². The van der Waals surface area contributed by atoms with Gasteiger partial charge in [-0.1, -0.05) is 17.7 Å². The van der Waals surface area contributed by atoms with Crippen LogP contribution in [0.4, 0.5) is 21.6 Å². The van der Waals surface area contributed by atoms with E-state index < -0.39 is 29.4 Å². The van der Waals surface area contributed by atoms with Gasteiger partial charge in [-0.3, -0.25) is 14.5 Å². The highest BCUT2D eigenvalue weighted by Crippen LogP contribution is 2.35. The van der Waals surface area contributed by atoms with Crippen molar-refractivity contribution >= 4 is 51.6 Å². The Morgan fingerprint density at radius 2 is 1.98 bits per heavy atom. The highest BCUT2D eigenvalue weighted by Gasteiger charge is 2.21. The Balaban J connectivity index is 1.56. The number of aliphatic hydroxyl groups is 1. The molecule has 1 aromatic heterocycles. The highest BCUT2D eigenvalue weighted by molar-refractivity contribution is 6.31. The predicted molar refractivity (Wildman–Crippen MR) is 170 cm³/mol. The molecule has 1 amide bonds. The van der Waals surface area contributed by atoms with Crippen LogP contribution in [-0.2, 0) is 19.1 Å². The Bertz CT molecular complexity index is 1520. The SMILES string of the molecule is CC(O)CN(CC=CC(=O)Nc1cc2c(Nc3ccc(F)c(Cl)c3)ncnc2cc1OC1CCOCC1)CC(=O)OC(C)(C)C. The van der Waals surface area contributed by atoms with Gasteiger partial charge in [-0.05, 0) is 52.0 Å². The van der Waals surface area contributed by atoms with E-state index in [1.165, 1.54) is 30.6 Å². The van der Waals surface area contributed by atoms with Crippen LogP contribution in [-0.4, -0.2) is 82.5 Å². The first-order chi connectivity index (χ1) is 21.4. The van der Waals surface area contributed by atoms with E-state index in [9.17, 15) is 19.1 Å². The molecule has 11 nitrogen and oxygen atoms in total. The maximum Gasteiger partial charge on any atom is 0.320 e. The van der Waals surface area contributed by atoms with E-state index >= 15 is 0 Å². The van der Waals surface area contributed by atoms with Crippen molar-refractivity contribution in [3.63, 3.8) is 0 Å². The molecule has 45 heavy (non-hydrogen) atoms. The number of carbonyl (C=O) groups is 2. The van der Waals surface area contributed by atoms with Gasteiger partial charge in [-0.15, -0.1) is 0 Å². The number of aliphatic hydroxyl groups excluding tert-OH is 1. The fourth-order valence-electron chi connectivity index (χ4n) is 4.68. The van der Waals surface area contributed by atoms with Gasteiger partial charge >= 0.3 is 5.97 Å². The monoisotopic (exact) mass is 643 g/mol. The number of ether oxygens (including phenoxy) is 3. The molecular weight excluding hydrogens is 605 g/mol. The van der Waals surface area contributed by atoms with Gasteiger partial charge in [-0.25, -0.2) is 14.4 Å². The second-order valence-electron chi connectivity index (χ2n) is 11.8. The third-order valence-corrected chi connectivity index (χ3v) is 6.86. The van der Waals surface area contributed by atoms with Gasteiger partial charge in [-0.2, -0.15) is 0 Å². The van der Waals surface area contributed by atoms with Gasteiger partial charge in [0, 0.05) is 49.1 Å². The van der Waals surface area contributed by atoms with Crippen molar-refractivity contribution < 1.29 is 33.3 Å². The number of fused-ring (bicyclic) bond motifs is 1. The lowest BCUT2D eigenvalue weighted by Crippen LogP contribution is -2.38. The summed E-state index contributed by atoms with van der Waals surface area (Å²) in [5.74, 6) is -0.547. The summed E-state index contributed by atoms with van der Waals surface area (Å²) in [6.07, 6.45) is 4.96. The largest absolute Gasteiger partial charge is 0.488 e. The number of aromatic nitrogens is 2. The number of anilines is 3. The van der Waals surface area contributed by atoms with Crippen molar-refractivity contribution in [3.05, 3.63) is 59.7 Å². The number of amides is 1. The van der Waals surface area contributed by atoms with Gasteiger partial charge in [0.2, 0.25) is 5.91 Å². The van der Waals surface area contributed by atoms with Crippen molar-refractivity contribution in [3.8, 4) is 5.75 Å². The van der Waals surface area contributed by atoms with Crippen molar-refractivity contribution in [1.29, 1.82) is 0 Å². The molecule has 0 spiro atoms. The van der Waals surface area contributed by atoms with E-state index in [-0.39, 0.29) is 30.8 Å². The number of benzene rings is 2. The summed E-state index contributed by atoms with van der Waals surface area (Å²) in [7, 11) is 0. The smallest absolute Gasteiger partial charge is 0.320 e. The van der Waals surface area contributed by atoms with E-state index in [4.69, 9.17) is 25.8 Å². The number of rotatable bonds is 12. The second-order valence-corrected chi connectivity index (χ2v) is 12.2. The van der Waals surface area contributed by atoms with Crippen LogP contribution in [0.5, 0.6) is 5.75 Å². The second kappa shape index (κ2) is 15.4. The molecule has 4 rings (SSSR count). The molecular formula is C32H39ClFN5O6. The molecule has 1 fully saturated rings. The summed E-state index contributed by atoms with van der Waals surface area (Å²) in [6, 6.07) is 7.69. The fraction of sp³-hybridized carbons (Fsp3) is 0.438. The topological polar surface area (TPSA) is 135 Å². The quantitative estimate of drug-likeness (QED) is 0.178. The number of carbonyl (C=O) groups excluding carboxylic acids is 2. The maximum atomic E-state index is 13.7. The van der Waals surface area contributed by atoms with Crippen molar-refractivity contribution in [2.24, 2.45) is 0 Å². The molecule has 0 aliphatic carbocycles. The molecule has 3 N–H and O–H groups in total. The molecule has 1 unspecified atom stereocenters. The Morgan fingerprint density at radius 3 is 2.67 bits per heavy atom. The Labute approximate surface area is 266 Å². The zero-order valence-corrected chi connectivity index (χ0v) is 26.6. The van der Waals surface area contributed by atoms with Gasteiger partial charge < -0.3 is 30.0 Å². The van der Waals surface area contributed by atoms with E-state index in [1.54, 1.807) is 50.8 Å². The molecule has 1 saturated heterocycles. The Kier molecular flexibility index (Phi) is 11.7. The summed E-state index contributed by atoms with van der Waals surface area (Å²) in [5, 5.41) is 16.5. The number of nitrogens with zero attached hydrogens (tertiary/aromatic N) is 3. The number of hydrogen-bond acceptors (Lipinski definition) is 10. The fourth-order valence-corrected chi connectivity index (χ4v) is 4.86. The summed E-state index contributed by atoms with van der Waals surface area (Å²) in [5.41, 5.74) is 0.839. The zero-order chi connectivity index (χ0) is 32.6. The van der Waals surface area contributed by atoms with Crippen molar-refractivity contribution in [1.82, 2.24) is 14.9 Å². The molecule has 0 bridgehead atoms. The third-order valence-electron chi connectivity index (χ3n) is 6.57. The highest BCUT2D eigenvalue weighted by atomic mass is 35.5. The zero-order valence-electron chi connectivity index (χ0n) is 25.8. The molecule has 1 aliphatic rings. The molecule has 1 atom stereocenters. The van der Waals surface area contributed by atoms with E-state index in [2.05, 4.69) is 20.6 Å². The molecule has 2 heterocycles. The van der Waals surface area contributed by atoms with Gasteiger partial charge in [0.15, 0.2) is 0 Å². The van der Waals surface area contributed by atoms with Gasteiger partial charge in [0.05, 0.1) is 42.1 Å². The van der Waals surface area contributed by atoms with Crippen LogP contribution in [0.1, 0.15) is 40.5 Å².